The third-order valence-corrected chi connectivity index (χ3v) is 8.55. The molecular weight excluding hydrogens is 527 g/mol. The summed E-state index contributed by atoms with van der Waals surface area (Å²) in [7, 11) is 0. The first-order valence-corrected chi connectivity index (χ1v) is 13.8. The fourth-order valence-electron chi connectivity index (χ4n) is 5.62. The van der Waals surface area contributed by atoms with Gasteiger partial charge in [-0.25, -0.2) is 0 Å². The predicted octanol–water partition coefficient (Wildman–Crippen LogP) is 11.4. The smallest absolute Gasteiger partial charge is 0.0652 e. The highest BCUT2D eigenvalue weighted by Gasteiger charge is 2.22. The molecule has 1 aliphatic rings. The molecule has 0 fully saturated rings. The van der Waals surface area contributed by atoms with Crippen LogP contribution >= 0.6 is 11.8 Å². The lowest BCUT2D eigenvalue weighted by molar-refractivity contribution is 1.18. The molecule has 0 radical (unpaired) electrons. The van der Waals surface area contributed by atoms with Crippen LogP contribution in [-0.2, 0) is 0 Å². The normalized spacial score (nSPS) is 17.9. The molecule has 2 heterocycles. The maximum atomic E-state index is 9.77. The van der Waals surface area contributed by atoms with Crippen molar-refractivity contribution in [3.63, 3.8) is 0 Å². The minimum atomic E-state index is -0.720. The second-order valence-electron chi connectivity index (χ2n) is 9.66. The van der Waals surface area contributed by atoms with Gasteiger partial charge in [-0.05, 0) is 81.1 Å². The lowest BCUT2D eigenvalue weighted by Crippen LogP contribution is -1.95. The minimum absolute atomic E-state index is 0.0424. The Balaban J connectivity index is 1.38. The predicted molar refractivity (Wildman–Crippen MR) is 179 cm³/mol. The first-order chi connectivity index (χ1) is 27.9. The number of hydrogen-bond acceptors (Lipinski definition) is 1. The van der Waals surface area contributed by atoms with Gasteiger partial charge in [-0.1, -0.05) is 121 Å². The van der Waals surface area contributed by atoms with Gasteiger partial charge in [0.15, 0.2) is 0 Å². The van der Waals surface area contributed by atoms with Gasteiger partial charge in [0.05, 0.1) is 34.3 Å². The Hall–Kier alpha value is -5.05. The van der Waals surface area contributed by atoms with Gasteiger partial charge in [0.2, 0.25) is 0 Å². The van der Waals surface area contributed by atoms with Crippen molar-refractivity contribution in [1.82, 2.24) is 4.57 Å². The van der Waals surface area contributed by atoms with Gasteiger partial charge < -0.3 is 4.57 Å². The Morgan fingerprint density at radius 3 is 2.14 bits per heavy atom. The zero-order valence-corrected chi connectivity index (χ0v) is 22.3. The molecule has 1 aliphatic heterocycles. The number of hydrogen-bond donors (Lipinski definition) is 0. The van der Waals surface area contributed by atoms with Gasteiger partial charge in [-0.3, -0.25) is 0 Å². The van der Waals surface area contributed by atoms with Crippen molar-refractivity contribution in [1.29, 1.82) is 0 Å². The van der Waals surface area contributed by atoms with Crippen LogP contribution in [0.25, 0.3) is 71.6 Å². The van der Waals surface area contributed by atoms with E-state index in [2.05, 4.69) is 0 Å². The number of aromatic nitrogens is 1. The standard InChI is InChI=1S/C40H25NS/c1-3-10-26(11-4-1)27-19-22-38-35(24-27)34-16-9-15-33-30(21-23-39(42-38)40(33)34)28-18-20-32-31-14-7-8-17-36(31)41(37(32)25-28)29-12-5-2-6-13-29/h1-25H/i1D,2D,3D,4D,5D,6D,7D,8D,10D,11D,12D,13D,14D,17D,18D,20D,25D. The first kappa shape index (κ1) is 12.4. The molecule has 1 aromatic heterocycles. The van der Waals surface area contributed by atoms with Gasteiger partial charge >= 0.3 is 0 Å². The molecule has 0 N–H and O–H groups in total. The quantitative estimate of drug-likeness (QED) is 0.205. The molecule has 0 aliphatic carbocycles. The summed E-state index contributed by atoms with van der Waals surface area (Å²) in [6.45, 7) is 0. The Bertz CT molecular complexity index is 3220. The largest absolute Gasteiger partial charge is 0.309 e. The fraction of sp³-hybridized carbons (Fsp3) is 0. The van der Waals surface area contributed by atoms with E-state index in [4.69, 9.17) is 19.2 Å². The highest BCUT2D eigenvalue weighted by Crippen LogP contribution is 2.50. The van der Waals surface area contributed by atoms with Crippen LogP contribution in [0.15, 0.2) is 161 Å². The monoisotopic (exact) mass is 568 g/mol. The Morgan fingerprint density at radius 1 is 0.500 bits per heavy atom. The average Bonchev–Trinajstić information content (AvgIpc) is 3.58. The lowest BCUT2D eigenvalue weighted by Gasteiger charge is -2.22. The number of fused-ring (bicyclic) bond motifs is 5. The van der Waals surface area contributed by atoms with E-state index in [1.54, 1.807) is 36.4 Å². The van der Waals surface area contributed by atoms with Crippen molar-refractivity contribution in [2.75, 3.05) is 0 Å². The zero-order chi connectivity index (χ0) is 42.4. The molecule has 0 atom stereocenters. The molecule has 196 valence electrons. The van der Waals surface area contributed by atoms with E-state index in [0.717, 1.165) is 14.4 Å². The second-order valence-corrected chi connectivity index (χ2v) is 10.7. The van der Waals surface area contributed by atoms with Crippen LogP contribution in [0.2, 0.25) is 0 Å². The van der Waals surface area contributed by atoms with E-state index in [1.165, 1.54) is 11.8 Å². The van der Waals surface area contributed by atoms with Crippen molar-refractivity contribution in [3.05, 3.63) is 151 Å². The third kappa shape index (κ3) is 3.52. The maximum absolute atomic E-state index is 9.77. The third-order valence-electron chi connectivity index (χ3n) is 7.42. The summed E-state index contributed by atoms with van der Waals surface area (Å²) in [5, 5.41) is 0.805. The fourth-order valence-corrected chi connectivity index (χ4v) is 6.73. The van der Waals surface area contributed by atoms with E-state index in [9.17, 15) is 4.11 Å². The van der Waals surface area contributed by atoms with E-state index in [0.29, 0.717) is 33.0 Å². The zero-order valence-electron chi connectivity index (χ0n) is 38.5. The van der Waals surface area contributed by atoms with Gasteiger partial charge in [-0.2, -0.15) is 0 Å². The van der Waals surface area contributed by atoms with Crippen LogP contribution < -0.4 is 0 Å². The second kappa shape index (κ2) is 9.24. The molecule has 0 saturated heterocycles. The summed E-state index contributed by atoms with van der Waals surface area (Å²) in [5.74, 6) is 0. The summed E-state index contributed by atoms with van der Waals surface area (Å²) < 4.78 is 149. The highest BCUT2D eigenvalue weighted by molar-refractivity contribution is 7.99. The number of para-hydroxylation sites is 2. The highest BCUT2D eigenvalue weighted by atomic mass is 32.2. The molecule has 2 heteroatoms. The van der Waals surface area contributed by atoms with Crippen molar-refractivity contribution in [2.24, 2.45) is 0 Å². The summed E-state index contributed by atoms with van der Waals surface area (Å²) in [5.41, 5.74) is 1.07. The number of benzene rings is 7. The molecule has 1 nitrogen and oxygen atoms in total. The summed E-state index contributed by atoms with van der Waals surface area (Å²) in [6, 6.07) is 4.62. The van der Waals surface area contributed by atoms with Crippen molar-refractivity contribution < 1.29 is 23.3 Å². The van der Waals surface area contributed by atoms with Crippen LogP contribution in [0.3, 0.4) is 0 Å². The van der Waals surface area contributed by atoms with Crippen molar-refractivity contribution in [2.45, 2.75) is 9.79 Å². The molecule has 0 bridgehead atoms. The molecule has 8 aromatic rings. The van der Waals surface area contributed by atoms with Crippen molar-refractivity contribution in [3.8, 4) is 39.1 Å². The molecule has 7 aromatic carbocycles. The SMILES string of the molecule is [2H]c1c([2H])c([2H])c(-c2ccc3c(c2)-c2cccc4c(-c5c([2H])c([2H])c6c7c([2H])c([2H])c([2H])c([2H])c7n(-c7c([2H])c([2H])c([2H])c([2H])c7[2H])c6c5[2H])ccc(c24)S3)c([2H])c1[2H]. The Labute approximate surface area is 272 Å². The molecule has 0 unspecified atom stereocenters. The minimum Gasteiger partial charge on any atom is -0.309 e. The van der Waals surface area contributed by atoms with Crippen LogP contribution in [0.1, 0.15) is 23.3 Å². The number of nitrogens with zero attached hydrogens (tertiary/aromatic N) is 1. The van der Waals surface area contributed by atoms with E-state index in [1.807, 2.05) is 12.1 Å². The van der Waals surface area contributed by atoms with E-state index < -0.39 is 96.3 Å². The summed E-state index contributed by atoms with van der Waals surface area (Å²) in [6.07, 6.45) is 0. The van der Waals surface area contributed by atoms with E-state index in [-0.39, 0.29) is 45.0 Å². The maximum Gasteiger partial charge on any atom is 0.0652 e. The molecule has 9 rings (SSSR count). The van der Waals surface area contributed by atoms with Crippen molar-refractivity contribution >= 4 is 44.3 Å². The molecule has 0 saturated carbocycles. The summed E-state index contributed by atoms with van der Waals surface area (Å²) >= 11 is 1.43. The number of rotatable bonds is 3. The Morgan fingerprint density at radius 2 is 1.26 bits per heavy atom. The first-order valence-electron chi connectivity index (χ1n) is 21.5. The van der Waals surface area contributed by atoms with Gasteiger partial charge in [0.25, 0.3) is 0 Å². The van der Waals surface area contributed by atoms with E-state index >= 15 is 0 Å². The van der Waals surface area contributed by atoms with Gasteiger partial charge in [0, 0.05) is 31.6 Å². The van der Waals surface area contributed by atoms with Gasteiger partial charge in [-0.15, -0.1) is 0 Å². The summed E-state index contributed by atoms with van der Waals surface area (Å²) in [4.78, 5) is 1.64. The van der Waals surface area contributed by atoms with Crippen LogP contribution in [0.4, 0.5) is 0 Å². The van der Waals surface area contributed by atoms with Crippen LogP contribution in [0, 0.1) is 0 Å². The molecule has 0 amide bonds. The van der Waals surface area contributed by atoms with Gasteiger partial charge in [0.1, 0.15) is 0 Å². The molecule has 0 spiro atoms. The topological polar surface area (TPSA) is 4.93 Å². The molecular formula is C40H25NS. The lowest BCUT2D eigenvalue weighted by atomic mass is 9.91. The van der Waals surface area contributed by atoms with Crippen LogP contribution in [-0.4, -0.2) is 4.57 Å². The van der Waals surface area contributed by atoms with Crippen LogP contribution in [0.5, 0.6) is 0 Å². The molecule has 42 heavy (non-hydrogen) atoms. The average molecular weight is 569 g/mol. The Kier molecular flexibility index (Phi) is 2.74.